The van der Waals surface area contributed by atoms with Crippen LogP contribution < -0.4 is 21.0 Å². The molecule has 0 saturated carbocycles. The quantitative estimate of drug-likeness (QED) is 0.544. The number of nitrogens with one attached hydrogen (secondary N) is 3. The normalized spacial score (nSPS) is 17.1. The molecular weight excluding hydrogens is 363 g/mol. The van der Waals surface area contributed by atoms with Gasteiger partial charge in [-0.2, -0.15) is 5.01 Å². The monoisotopic (exact) mass is 378 g/mol. The van der Waals surface area contributed by atoms with E-state index in [1.54, 1.807) is 24.4 Å². The van der Waals surface area contributed by atoms with Gasteiger partial charge in [0.2, 0.25) is 0 Å². The lowest BCUT2D eigenvalue weighted by Gasteiger charge is -2.13. The van der Waals surface area contributed by atoms with E-state index in [1.807, 2.05) is 18.2 Å². The van der Waals surface area contributed by atoms with Gasteiger partial charge in [-0.15, -0.1) is 0 Å². The molecule has 0 aliphatic carbocycles. The lowest BCUT2D eigenvalue weighted by Crippen LogP contribution is -3.13. The van der Waals surface area contributed by atoms with Crippen molar-refractivity contribution in [1.29, 1.82) is 0 Å². The zero-order valence-corrected chi connectivity index (χ0v) is 14.6. The highest BCUT2D eigenvalue weighted by Crippen LogP contribution is 2.24. The van der Waals surface area contributed by atoms with E-state index >= 15 is 0 Å². The number of nitrogens with zero attached hydrogens (tertiary/aromatic N) is 1. The van der Waals surface area contributed by atoms with E-state index in [-0.39, 0.29) is 5.88 Å². The van der Waals surface area contributed by atoms with Crippen LogP contribution in [-0.4, -0.2) is 12.6 Å². The lowest BCUT2D eigenvalue weighted by molar-refractivity contribution is -0.911. The second-order valence-corrected chi connectivity index (χ2v) is 6.18. The molecule has 1 aliphatic rings. The highest BCUT2D eigenvalue weighted by molar-refractivity contribution is 6.42. The van der Waals surface area contributed by atoms with Crippen molar-refractivity contribution in [3.63, 3.8) is 0 Å². The molecule has 0 bridgehead atoms. The number of anilines is 1. The fraction of sp³-hybridized carbons (Fsp3) is 0.118. The predicted molar refractivity (Wildman–Crippen MR) is 95.8 cm³/mol. The molecule has 0 aromatic heterocycles. The average Bonchev–Trinajstić information content (AvgIpc) is 3.04. The highest BCUT2D eigenvalue weighted by Gasteiger charge is 2.18. The summed E-state index contributed by atoms with van der Waals surface area (Å²) < 4.78 is 0. The van der Waals surface area contributed by atoms with Gasteiger partial charge in [-0.1, -0.05) is 53.5 Å². The maximum Gasteiger partial charge on any atom is 0.300 e. The largest absolute Gasteiger partial charge is 0.846 e. The first kappa shape index (κ1) is 17.6. The minimum absolute atomic E-state index is 0.209. The van der Waals surface area contributed by atoms with Gasteiger partial charge in [0, 0.05) is 17.7 Å². The van der Waals surface area contributed by atoms with Crippen molar-refractivity contribution in [2.45, 2.75) is 6.42 Å². The van der Waals surface area contributed by atoms with Gasteiger partial charge in [0.05, 0.1) is 16.1 Å². The number of quaternary nitrogens is 1. The molecule has 2 aromatic carbocycles. The number of benzene rings is 2. The van der Waals surface area contributed by atoms with Crippen LogP contribution in [0.4, 0.5) is 5.69 Å². The van der Waals surface area contributed by atoms with E-state index in [0.717, 1.165) is 18.0 Å². The molecule has 25 heavy (non-hydrogen) atoms. The molecule has 8 heteroatoms. The molecule has 0 fully saturated rings. The van der Waals surface area contributed by atoms with Gasteiger partial charge in [0.15, 0.2) is 6.20 Å². The third-order valence-corrected chi connectivity index (χ3v) is 4.23. The summed E-state index contributed by atoms with van der Waals surface area (Å²) in [5.74, 6) is 0.209. The summed E-state index contributed by atoms with van der Waals surface area (Å²) >= 11 is 11.7. The standard InChI is InChI=1S/C17H16Cl2N4O2/c18-14-7-6-13(10-15(14)19)20-17(24)21-16-11-23(22-25-16)9-8-12-4-2-1-3-5-12/h1-7,10-11,22H,8-9H2,(H2,20,21,24). The summed E-state index contributed by atoms with van der Waals surface area (Å²) in [5, 5.41) is 16.2. The second kappa shape index (κ2) is 8.22. The van der Waals surface area contributed by atoms with Crippen molar-refractivity contribution in [1.82, 2.24) is 5.59 Å². The third-order valence-electron chi connectivity index (χ3n) is 3.49. The van der Waals surface area contributed by atoms with Gasteiger partial charge in [-0.05, 0) is 23.8 Å². The molecule has 3 N–H and O–H groups in total. The summed E-state index contributed by atoms with van der Waals surface area (Å²) in [6.45, 7) is 0.761. The van der Waals surface area contributed by atoms with Crippen LogP contribution in [-0.2, 0) is 11.3 Å². The summed E-state index contributed by atoms with van der Waals surface area (Å²) in [7, 11) is 0. The zero-order valence-electron chi connectivity index (χ0n) is 13.1. The van der Waals surface area contributed by atoms with Crippen LogP contribution in [0.5, 0.6) is 0 Å². The Bertz CT molecular complexity index is 796. The van der Waals surface area contributed by atoms with Gasteiger partial charge >= 0.3 is 0 Å². The Morgan fingerprint density at radius 2 is 1.96 bits per heavy atom. The fourth-order valence-corrected chi connectivity index (χ4v) is 2.55. The van der Waals surface area contributed by atoms with E-state index in [4.69, 9.17) is 28.0 Å². The molecule has 2 aromatic rings. The molecule has 0 amide bonds. The first-order valence-electron chi connectivity index (χ1n) is 7.62. The predicted octanol–water partition coefficient (Wildman–Crippen LogP) is 1.50. The first-order valence-corrected chi connectivity index (χ1v) is 8.38. The summed E-state index contributed by atoms with van der Waals surface area (Å²) in [5.41, 5.74) is 4.51. The van der Waals surface area contributed by atoms with Gasteiger partial charge in [0.25, 0.3) is 5.88 Å². The average molecular weight is 379 g/mol. The van der Waals surface area contributed by atoms with E-state index in [2.05, 4.69) is 28.0 Å². The molecule has 0 radical (unpaired) electrons. The van der Waals surface area contributed by atoms with Crippen LogP contribution in [0, 0.1) is 0 Å². The minimum Gasteiger partial charge on any atom is -0.846 e. The van der Waals surface area contributed by atoms with Crippen LogP contribution in [0.15, 0.2) is 65.6 Å². The molecule has 1 heterocycles. The maximum absolute atomic E-state index is 11.9. The number of aliphatic imine (C=N–C) groups is 1. The molecular formula is C17H16Cl2N4O2. The second-order valence-electron chi connectivity index (χ2n) is 5.37. The van der Waals surface area contributed by atoms with Crippen molar-refractivity contribution < 1.29 is 15.0 Å². The molecule has 6 nitrogen and oxygen atoms in total. The Kier molecular flexibility index (Phi) is 5.78. The zero-order chi connectivity index (χ0) is 17.6. The first-order chi connectivity index (χ1) is 12.1. The van der Waals surface area contributed by atoms with Crippen LogP contribution in [0.1, 0.15) is 5.56 Å². The number of hydrogen-bond acceptors (Lipinski definition) is 4. The lowest BCUT2D eigenvalue weighted by atomic mass is 10.1. The molecule has 0 saturated heterocycles. The van der Waals surface area contributed by atoms with E-state index in [1.165, 1.54) is 5.56 Å². The number of hydrogen-bond donors (Lipinski definition) is 3. The SMILES string of the molecule is [O-]/C(=N\C1=C[NH+](CCc2ccccc2)NO1)Nc1ccc(Cl)c(Cl)c1. The van der Waals surface area contributed by atoms with Crippen molar-refractivity contribution in [3.8, 4) is 0 Å². The number of halogens is 2. The Morgan fingerprint density at radius 3 is 2.72 bits per heavy atom. The van der Waals surface area contributed by atoms with Crippen molar-refractivity contribution in [2.75, 3.05) is 11.9 Å². The van der Waals surface area contributed by atoms with Crippen LogP contribution >= 0.6 is 23.2 Å². The fourth-order valence-electron chi connectivity index (χ4n) is 2.25. The Morgan fingerprint density at radius 1 is 1.16 bits per heavy atom. The molecule has 1 atom stereocenters. The third kappa shape index (κ3) is 5.11. The van der Waals surface area contributed by atoms with Crippen molar-refractivity contribution in [2.24, 2.45) is 4.99 Å². The Balaban J connectivity index is 1.56. The van der Waals surface area contributed by atoms with E-state index < -0.39 is 6.02 Å². The summed E-state index contributed by atoms with van der Waals surface area (Å²) in [6, 6.07) is 14.4. The van der Waals surface area contributed by atoms with Crippen molar-refractivity contribution >= 4 is 34.9 Å². The summed E-state index contributed by atoms with van der Waals surface area (Å²) in [4.78, 5) is 9.06. The minimum atomic E-state index is -0.559. The van der Waals surface area contributed by atoms with E-state index in [0.29, 0.717) is 15.7 Å². The summed E-state index contributed by atoms with van der Waals surface area (Å²) in [6.07, 6.45) is 2.57. The molecule has 0 spiro atoms. The van der Waals surface area contributed by atoms with E-state index in [9.17, 15) is 5.11 Å². The van der Waals surface area contributed by atoms with Crippen LogP contribution in [0.2, 0.25) is 10.0 Å². The molecule has 1 unspecified atom stereocenters. The molecule has 130 valence electrons. The Hall–Kier alpha value is -2.25. The van der Waals surface area contributed by atoms with Crippen LogP contribution in [0.3, 0.4) is 0 Å². The number of rotatable bonds is 5. The van der Waals surface area contributed by atoms with Gasteiger partial charge < -0.3 is 15.3 Å². The molecule has 3 rings (SSSR count). The van der Waals surface area contributed by atoms with Gasteiger partial charge in [0.1, 0.15) is 6.54 Å². The van der Waals surface area contributed by atoms with Gasteiger partial charge in [-0.3, -0.25) is 0 Å². The van der Waals surface area contributed by atoms with Gasteiger partial charge in [-0.25, -0.2) is 4.99 Å². The smallest absolute Gasteiger partial charge is 0.300 e. The highest BCUT2D eigenvalue weighted by atomic mass is 35.5. The maximum atomic E-state index is 11.9. The topological polar surface area (TPSA) is 73.2 Å². The number of amidine groups is 1. The van der Waals surface area contributed by atoms with Crippen LogP contribution in [0.25, 0.3) is 0 Å². The molecule has 1 aliphatic heterocycles. The Labute approximate surface area is 155 Å². The van der Waals surface area contributed by atoms with Crippen molar-refractivity contribution in [3.05, 3.63) is 76.2 Å².